The molecule has 1 fully saturated rings. The third-order valence-corrected chi connectivity index (χ3v) is 3.72. The second kappa shape index (κ2) is 6.24. The van der Waals surface area contributed by atoms with Crippen LogP contribution in [0.5, 0.6) is 0 Å². The van der Waals surface area contributed by atoms with Crippen molar-refractivity contribution in [2.45, 2.75) is 45.1 Å². The molecule has 0 aromatic heterocycles. The largest absolute Gasteiger partial charge is 0.370 e. The van der Waals surface area contributed by atoms with E-state index in [9.17, 15) is 0 Å². The zero-order valence-corrected chi connectivity index (χ0v) is 11.8. The Bertz CT molecular complexity index is 252. The molecule has 17 heavy (non-hydrogen) atoms. The maximum Gasteiger partial charge on any atom is 0.188 e. The Morgan fingerprint density at radius 2 is 1.94 bits per heavy atom. The molecule has 1 aliphatic rings. The molecule has 0 spiro atoms. The van der Waals surface area contributed by atoms with Crippen molar-refractivity contribution in [1.82, 2.24) is 10.2 Å². The molecule has 1 rings (SSSR count). The lowest BCUT2D eigenvalue weighted by Crippen LogP contribution is -2.45. The van der Waals surface area contributed by atoms with Gasteiger partial charge in [0.2, 0.25) is 0 Å². The van der Waals surface area contributed by atoms with Crippen molar-refractivity contribution in [2.24, 2.45) is 16.6 Å². The van der Waals surface area contributed by atoms with Crippen molar-refractivity contribution in [1.29, 1.82) is 0 Å². The van der Waals surface area contributed by atoms with Crippen molar-refractivity contribution >= 4 is 5.96 Å². The second-order valence-corrected chi connectivity index (χ2v) is 5.80. The summed E-state index contributed by atoms with van der Waals surface area (Å²) in [6, 6.07) is 0. The number of likely N-dealkylation sites (N-methyl/N-ethyl adjacent to an activating group) is 1. The van der Waals surface area contributed by atoms with Crippen molar-refractivity contribution < 1.29 is 0 Å². The van der Waals surface area contributed by atoms with Crippen LogP contribution in [0.2, 0.25) is 0 Å². The van der Waals surface area contributed by atoms with E-state index in [4.69, 9.17) is 5.73 Å². The van der Waals surface area contributed by atoms with Crippen molar-refractivity contribution in [3.05, 3.63) is 0 Å². The number of nitrogens with one attached hydrogen (secondary N) is 1. The third-order valence-electron chi connectivity index (χ3n) is 3.72. The predicted octanol–water partition coefficient (Wildman–Crippen LogP) is 1.42. The molecule has 4 nitrogen and oxygen atoms in total. The van der Waals surface area contributed by atoms with Crippen molar-refractivity contribution in [3.63, 3.8) is 0 Å². The van der Waals surface area contributed by atoms with Crippen molar-refractivity contribution in [3.8, 4) is 0 Å². The Balaban J connectivity index is 2.48. The maximum atomic E-state index is 5.88. The lowest BCUT2D eigenvalue weighted by molar-refractivity contribution is 0.167. The van der Waals surface area contributed by atoms with Gasteiger partial charge in [0.1, 0.15) is 0 Å². The normalized spacial score (nSPS) is 20.2. The number of nitrogens with zero attached hydrogens (tertiary/aromatic N) is 2. The molecule has 0 aliphatic heterocycles. The van der Waals surface area contributed by atoms with E-state index in [1.54, 1.807) is 0 Å². The smallest absolute Gasteiger partial charge is 0.188 e. The Morgan fingerprint density at radius 3 is 2.41 bits per heavy atom. The standard InChI is InChI=1S/C13H28N4/c1-11(2)9-15-12(14)16-10-13(17(3)4)7-5-6-8-13/h11H,5-10H2,1-4H3,(H3,14,15,16). The molecule has 0 aromatic carbocycles. The Kier molecular flexibility index (Phi) is 5.25. The average Bonchev–Trinajstić information content (AvgIpc) is 2.73. The van der Waals surface area contributed by atoms with Gasteiger partial charge in [-0.25, -0.2) is 0 Å². The molecule has 4 heteroatoms. The van der Waals surface area contributed by atoms with E-state index in [0.717, 1.165) is 13.1 Å². The quantitative estimate of drug-likeness (QED) is 0.564. The van der Waals surface area contributed by atoms with Crippen LogP contribution in [0.4, 0.5) is 0 Å². The number of nitrogens with two attached hydrogens (primary N) is 1. The van der Waals surface area contributed by atoms with Gasteiger partial charge in [0.25, 0.3) is 0 Å². The highest BCUT2D eigenvalue weighted by atomic mass is 15.2. The molecule has 0 unspecified atom stereocenters. The first-order valence-corrected chi connectivity index (χ1v) is 6.67. The first-order chi connectivity index (χ1) is 7.96. The van der Waals surface area contributed by atoms with E-state index < -0.39 is 0 Å². The molecule has 0 amide bonds. The summed E-state index contributed by atoms with van der Waals surface area (Å²) < 4.78 is 0. The number of hydrogen-bond donors (Lipinski definition) is 2. The van der Waals surface area contributed by atoms with Gasteiger partial charge in [0.05, 0.1) is 6.54 Å². The predicted molar refractivity (Wildman–Crippen MR) is 74.2 cm³/mol. The van der Waals surface area contributed by atoms with E-state index >= 15 is 0 Å². The average molecular weight is 240 g/mol. The molecule has 3 N–H and O–H groups in total. The Morgan fingerprint density at radius 1 is 1.35 bits per heavy atom. The zero-order valence-electron chi connectivity index (χ0n) is 11.8. The van der Waals surface area contributed by atoms with Crippen LogP contribution >= 0.6 is 0 Å². The summed E-state index contributed by atoms with van der Waals surface area (Å²) in [4.78, 5) is 6.83. The van der Waals surface area contributed by atoms with Gasteiger partial charge in [-0.1, -0.05) is 26.7 Å². The Labute approximate surface area is 106 Å². The van der Waals surface area contributed by atoms with Crippen molar-refractivity contribution in [2.75, 3.05) is 27.2 Å². The van der Waals surface area contributed by atoms with Crippen LogP contribution in [-0.2, 0) is 0 Å². The monoisotopic (exact) mass is 240 g/mol. The van der Waals surface area contributed by atoms with Crippen LogP contribution in [-0.4, -0.2) is 43.6 Å². The van der Waals surface area contributed by atoms with Gasteiger partial charge in [-0.05, 0) is 32.9 Å². The zero-order chi connectivity index (χ0) is 12.9. The second-order valence-electron chi connectivity index (χ2n) is 5.80. The first kappa shape index (κ1) is 14.3. The number of hydrogen-bond acceptors (Lipinski definition) is 2. The van der Waals surface area contributed by atoms with Crippen LogP contribution in [0, 0.1) is 5.92 Å². The van der Waals surface area contributed by atoms with Crippen LogP contribution < -0.4 is 11.1 Å². The van der Waals surface area contributed by atoms with Gasteiger partial charge in [0, 0.05) is 12.1 Å². The van der Waals surface area contributed by atoms with E-state index in [-0.39, 0.29) is 5.54 Å². The van der Waals surface area contributed by atoms with Gasteiger partial charge in [0.15, 0.2) is 5.96 Å². The molecule has 100 valence electrons. The maximum absolute atomic E-state index is 5.88. The summed E-state index contributed by atoms with van der Waals surface area (Å²) >= 11 is 0. The van der Waals surface area contributed by atoms with Gasteiger partial charge in [-0.15, -0.1) is 0 Å². The summed E-state index contributed by atoms with van der Waals surface area (Å²) in [6.45, 7) is 6.04. The minimum Gasteiger partial charge on any atom is -0.370 e. The van der Waals surface area contributed by atoms with Gasteiger partial charge in [-0.3, -0.25) is 4.99 Å². The van der Waals surface area contributed by atoms with Crippen LogP contribution in [0.3, 0.4) is 0 Å². The SMILES string of the molecule is CC(C)CNC(N)=NCC1(N(C)C)CCCC1. The number of guanidine groups is 1. The molecule has 0 bridgehead atoms. The van der Waals surface area contributed by atoms with Crippen LogP contribution in [0.15, 0.2) is 4.99 Å². The van der Waals surface area contributed by atoms with E-state index in [0.29, 0.717) is 11.9 Å². The molecule has 0 radical (unpaired) electrons. The molecular formula is C13H28N4. The summed E-state index contributed by atoms with van der Waals surface area (Å²) in [5.41, 5.74) is 6.12. The fourth-order valence-electron chi connectivity index (χ4n) is 2.38. The third kappa shape index (κ3) is 4.19. The lowest BCUT2D eigenvalue weighted by Gasteiger charge is -2.34. The van der Waals surface area contributed by atoms with E-state index in [1.807, 2.05) is 0 Å². The molecule has 0 aromatic rings. The summed E-state index contributed by atoms with van der Waals surface area (Å²) in [7, 11) is 4.30. The fourth-order valence-corrected chi connectivity index (χ4v) is 2.38. The molecule has 0 atom stereocenters. The molecule has 1 saturated carbocycles. The number of aliphatic imine (C=N–C) groups is 1. The van der Waals surface area contributed by atoms with E-state index in [2.05, 4.69) is 43.2 Å². The minimum absolute atomic E-state index is 0.240. The molecule has 1 aliphatic carbocycles. The summed E-state index contributed by atoms with van der Waals surface area (Å²) in [6.07, 6.45) is 5.10. The summed E-state index contributed by atoms with van der Waals surface area (Å²) in [5, 5.41) is 3.17. The van der Waals surface area contributed by atoms with E-state index in [1.165, 1.54) is 25.7 Å². The highest BCUT2D eigenvalue weighted by Gasteiger charge is 2.35. The first-order valence-electron chi connectivity index (χ1n) is 6.67. The number of rotatable bonds is 5. The van der Waals surface area contributed by atoms with Gasteiger partial charge >= 0.3 is 0 Å². The molecular weight excluding hydrogens is 212 g/mol. The highest BCUT2D eigenvalue weighted by Crippen LogP contribution is 2.33. The lowest BCUT2D eigenvalue weighted by atomic mass is 9.96. The van der Waals surface area contributed by atoms with Gasteiger partial charge < -0.3 is 16.0 Å². The molecule has 0 saturated heterocycles. The highest BCUT2D eigenvalue weighted by molar-refractivity contribution is 5.77. The van der Waals surface area contributed by atoms with Crippen LogP contribution in [0.1, 0.15) is 39.5 Å². The Hall–Kier alpha value is -0.770. The van der Waals surface area contributed by atoms with Crippen LogP contribution in [0.25, 0.3) is 0 Å². The summed E-state index contributed by atoms with van der Waals surface area (Å²) in [5.74, 6) is 1.19. The van der Waals surface area contributed by atoms with Gasteiger partial charge in [-0.2, -0.15) is 0 Å². The topological polar surface area (TPSA) is 53.6 Å². The molecule has 0 heterocycles. The fraction of sp³-hybridized carbons (Fsp3) is 0.923. The minimum atomic E-state index is 0.240.